The number of benzene rings is 1. The minimum Gasteiger partial charge on any atom is -0.383 e. The van der Waals surface area contributed by atoms with Gasteiger partial charge in [0.2, 0.25) is 5.91 Å². The summed E-state index contributed by atoms with van der Waals surface area (Å²) in [6, 6.07) is 9.43. The highest BCUT2D eigenvalue weighted by molar-refractivity contribution is 5.76. The Labute approximate surface area is 198 Å². The van der Waals surface area contributed by atoms with E-state index in [2.05, 4.69) is 24.1 Å². The van der Waals surface area contributed by atoms with Crippen molar-refractivity contribution in [2.75, 3.05) is 33.5 Å². The van der Waals surface area contributed by atoms with E-state index >= 15 is 0 Å². The second-order valence-electron chi connectivity index (χ2n) is 8.52. The fourth-order valence-corrected chi connectivity index (χ4v) is 3.57. The van der Waals surface area contributed by atoms with Gasteiger partial charge in [0.25, 0.3) is 5.56 Å². The molecule has 0 bridgehead atoms. The maximum absolute atomic E-state index is 13.3. The highest BCUT2D eigenvalue weighted by atomic mass is 16.5. The molecule has 0 fully saturated rings. The van der Waals surface area contributed by atoms with Crippen molar-refractivity contribution in [1.82, 2.24) is 24.0 Å². The van der Waals surface area contributed by atoms with Crippen LogP contribution in [-0.4, -0.2) is 58.1 Å². The number of nitrogens with one attached hydrogen (secondary N) is 1. The van der Waals surface area contributed by atoms with Crippen molar-refractivity contribution in [3.63, 3.8) is 0 Å². The molecule has 0 unspecified atom stereocenters. The van der Waals surface area contributed by atoms with Gasteiger partial charge in [0.1, 0.15) is 6.54 Å². The van der Waals surface area contributed by atoms with Crippen LogP contribution in [-0.2, 0) is 33.9 Å². The number of fused-ring (bicyclic) bond motifs is 1. The molecule has 2 aromatic heterocycles. The second-order valence-corrected chi connectivity index (χ2v) is 8.52. The fraction of sp³-hybridized carbons (Fsp3) is 0.500. The molecule has 0 saturated heterocycles. The molecule has 0 saturated carbocycles. The van der Waals surface area contributed by atoms with Crippen LogP contribution in [0.3, 0.4) is 0 Å². The molecule has 0 aliphatic carbocycles. The first-order valence-electron chi connectivity index (χ1n) is 11.5. The summed E-state index contributed by atoms with van der Waals surface area (Å²) < 4.78 is 14.7. The molecular formula is C24H33N5O5. The highest BCUT2D eigenvalue weighted by Gasteiger charge is 2.20. The number of aromatic nitrogens is 4. The Balaban J connectivity index is 1.85. The number of imidazole rings is 1. The predicted octanol–water partition coefficient (Wildman–Crippen LogP) is 1.23. The monoisotopic (exact) mass is 471 g/mol. The van der Waals surface area contributed by atoms with Crippen molar-refractivity contribution in [2.45, 2.75) is 39.9 Å². The van der Waals surface area contributed by atoms with Crippen LogP contribution in [0.4, 0.5) is 0 Å². The van der Waals surface area contributed by atoms with Crippen LogP contribution in [0, 0.1) is 5.92 Å². The van der Waals surface area contributed by atoms with Crippen LogP contribution in [0.5, 0.6) is 0 Å². The standard InChI is InChI=1S/C24H33N5O5/c1-18(2)16-34-12-7-10-25-20(30)15-29-23(31)21-22(26-17-27(21)11-13-33-3)28(24(29)32)14-19-8-5-4-6-9-19/h4-6,8-9,17-18H,7,10-16H2,1-3H3,(H,25,30). The maximum atomic E-state index is 13.3. The lowest BCUT2D eigenvalue weighted by atomic mass is 10.2. The number of amides is 1. The molecule has 184 valence electrons. The zero-order chi connectivity index (χ0) is 24.5. The second kappa shape index (κ2) is 12.3. The predicted molar refractivity (Wildman–Crippen MR) is 129 cm³/mol. The van der Waals surface area contributed by atoms with E-state index in [9.17, 15) is 14.4 Å². The largest absolute Gasteiger partial charge is 0.383 e. The number of hydrogen-bond donors (Lipinski definition) is 1. The van der Waals surface area contributed by atoms with E-state index in [-0.39, 0.29) is 24.3 Å². The Morgan fingerprint density at radius 1 is 1.12 bits per heavy atom. The minimum atomic E-state index is -0.575. The molecule has 0 aliphatic rings. The molecule has 3 rings (SSSR count). The molecule has 0 spiro atoms. The van der Waals surface area contributed by atoms with E-state index in [1.54, 1.807) is 11.7 Å². The molecule has 1 N–H and O–H groups in total. The molecule has 1 aromatic carbocycles. The number of carbonyl (C=O) groups excluding carboxylic acids is 1. The Morgan fingerprint density at radius 2 is 1.88 bits per heavy atom. The average Bonchev–Trinajstić information content (AvgIpc) is 3.24. The van der Waals surface area contributed by atoms with E-state index in [1.165, 1.54) is 10.9 Å². The molecular weight excluding hydrogens is 438 g/mol. The van der Waals surface area contributed by atoms with Gasteiger partial charge < -0.3 is 19.4 Å². The average molecular weight is 472 g/mol. The Morgan fingerprint density at radius 3 is 2.59 bits per heavy atom. The number of nitrogens with zero attached hydrogens (tertiary/aromatic N) is 4. The fourth-order valence-electron chi connectivity index (χ4n) is 3.57. The summed E-state index contributed by atoms with van der Waals surface area (Å²) in [7, 11) is 1.57. The van der Waals surface area contributed by atoms with Crippen molar-refractivity contribution in [3.05, 3.63) is 63.1 Å². The third kappa shape index (κ3) is 6.42. The van der Waals surface area contributed by atoms with Crippen LogP contribution in [0.2, 0.25) is 0 Å². The summed E-state index contributed by atoms with van der Waals surface area (Å²) in [5.41, 5.74) is 0.312. The molecule has 1 amide bonds. The SMILES string of the molecule is COCCn1cnc2c1c(=O)n(CC(=O)NCCCOCC(C)C)c(=O)n2Cc1ccccc1. The smallest absolute Gasteiger partial charge is 0.333 e. The first kappa shape index (κ1) is 25.4. The summed E-state index contributed by atoms with van der Waals surface area (Å²) in [5, 5.41) is 2.76. The Kier molecular flexibility index (Phi) is 9.17. The maximum Gasteiger partial charge on any atom is 0.333 e. The van der Waals surface area contributed by atoms with Crippen molar-refractivity contribution < 1.29 is 14.3 Å². The van der Waals surface area contributed by atoms with E-state index < -0.39 is 17.2 Å². The van der Waals surface area contributed by atoms with E-state index in [0.717, 1.165) is 10.1 Å². The van der Waals surface area contributed by atoms with Gasteiger partial charge in [-0.25, -0.2) is 14.3 Å². The van der Waals surface area contributed by atoms with Gasteiger partial charge >= 0.3 is 5.69 Å². The van der Waals surface area contributed by atoms with Gasteiger partial charge in [-0.3, -0.25) is 14.2 Å². The van der Waals surface area contributed by atoms with Crippen molar-refractivity contribution in [3.8, 4) is 0 Å². The number of carbonyl (C=O) groups is 1. The van der Waals surface area contributed by atoms with Crippen molar-refractivity contribution in [1.29, 1.82) is 0 Å². The number of methoxy groups -OCH3 is 1. The number of rotatable bonds is 13. The molecule has 0 atom stereocenters. The third-order valence-corrected chi connectivity index (χ3v) is 5.24. The molecule has 0 radical (unpaired) electrons. The van der Waals surface area contributed by atoms with Gasteiger partial charge in [-0.1, -0.05) is 44.2 Å². The first-order chi connectivity index (χ1) is 16.4. The molecule has 2 heterocycles. The molecule has 10 nitrogen and oxygen atoms in total. The lowest BCUT2D eigenvalue weighted by Crippen LogP contribution is -2.44. The van der Waals surface area contributed by atoms with Crippen LogP contribution in [0.15, 0.2) is 46.2 Å². The van der Waals surface area contributed by atoms with Crippen molar-refractivity contribution in [2.24, 2.45) is 5.92 Å². The van der Waals surface area contributed by atoms with Gasteiger partial charge in [0.05, 0.1) is 19.5 Å². The van der Waals surface area contributed by atoms with E-state index in [1.807, 2.05) is 30.3 Å². The Bertz CT molecular complexity index is 1200. The minimum absolute atomic E-state index is 0.229. The topological polar surface area (TPSA) is 109 Å². The number of hydrogen-bond acceptors (Lipinski definition) is 6. The van der Waals surface area contributed by atoms with Gasteiger partial charge in [-0.15, -0.1) is 0 Å². The van der Waals surface area contributed by atoms with E-state index in [0.29, 0.717) is 45.2 Å². The zero-order valence-electron chi connectivity index (χ0n) is 20.0. The molecule has 3 aromatic rings. The number of ether oxygens (including phenoxy) is 2. The summed E-state index contributed by atoms with van der Waals surface area (Å²) in [4.78, 5) is 43.5. The molecule has 34 heavy (non-hydrogen) atoms. The van der Waals surface area contributed by atoms with Crippen molar-refractivity contribution >= 4 is 17.1 Å². The highest BCUT2D eigenvalue weighted by Crippen LogP contribution is 2.10. The summed E-state index contributed by atoms with van der Waals surface area (Å²) in [5.74, 6) is 0.0448. The molecule has 0 aliphatic heterocycles. The van der Waals surface area contributed by atoms with Gasteiger partial charge in [-0.05, 0) is 17.9 Å². The van der Waals surface area contributed by atoms with Crippen LogP contribution in [0.1, 0.15) is 25.8 Å². The zero-order valence-corrected chi connectivity index (χ0v) is 20.0. The van der Waals surface area contributed by atoms with Crippen LogP contribution < -0.4 is 16.6 Å². The lowest BCUT2D eigenvalue weighted by Gasteiger charge is -2.13. The summed E-state index contributed by atoms with van der Waals surface area (Å²) in [6.45, 7) is 6.38. The Hall–Kier alpha value is -3.24. The van der Waals surface area contributed by atoms with Crippen LogP contribution >= 0.6 is 0 Å². The summed E-state index contributed by atoms with van der Waals surface area (Å²) in [6.07, 6.45) is 2.17. The quantitative estimate of drug-likeness (QED) is 0.376. The lowest BCUT2D eigenvalue weighted by molar-refractivity contribution is -0.121. The van der Waals surface area contributed by atoms with E-state index in [4.69, 9.17) is 9.47 Å². The van der Waals surface area contributed by atoms with Gasteiger partial charge in [0, 0.05) is 33.4 Å². The van der Waals surface area contributed by atoms with Gasteiger partial charge in [-0.2, -0.15) is 0 Å². The molecule has 10 heteroatoms. The van der Waals surface area contributed by atoms with Crippen LogP contribution in [0.25, 0.3) is 11.2 Å². The van der Waals surface area contributed by atoms with Gasteiger partial charge in [0.15, 0.2) is 11.2 Å². The third-order valence-electron chi connectivity index (χ3n) is 5.24. The summed E-state index contributed by atoms with van der Waals surface area (Å²) >= 11 is 0. The first-order valence-corrected chi connectivity index (χ1v) is 11.5. The normalized spacial score (nSPS) is 11.4.